The van der Waals surface area contributed by atoms with Gasteiger partial charge in [-0.15, -0.1) is 5.10 Å². The minimum Gasteiger partial charge on any atom is -0.478 e. The summed E-state index contributed by atoms with van der Waals surface area (Å²) < 4.78 is 5.04. The van der Waals surface area contributed by atoms with Crippen LogP contribution in [-0.4, -0.2) is 48.1 Å². The maximum Gasteiger partial charge on any atom is 0.339 e. The van der Waals surface area contributed by atoms with E-state index in [1.54, 1.807) is 7.11 Å². The molecule has 1 rings (SSSR count). The Hall–Kier alpha value is -1.69. The van der Waals surface area contributed by atoms with Gasteiger partial charge in [0.25, 0.3) is 0 Å². The van der Waals surface area contributed by atoms with Gasteiger partial charge in [0.1, 0.15) is 5.56 Å². The first-order valence-corrected chi connectivity index (χ1v) is 5.85. The molecule has 0 fully saturated rings. The molecule has 0 atom stereocenters. The molecule has 0 spiro atoms. The van der Waals surface area contributed by atoms with E-state index in [9.17, 15) is 4.79 Å². The largest absolute Gasteiger partial charge is 0.478 e. The highest BCUT2D eigenvalue weighted by atomic mass is 16.5. The second-order valence-electron chi connectivity index (χ2n) is 4.41. The zero-order chi connectivity index (χ0) is 13.5. The lowest BCUT2D eigenvalue weighted by atomic mass is 10.2. The van der Waals surface area contributed by atoms with Crippen LogP contribution in [0.25, 0.3) is 0 Å². The molecule has 1 aromatic heterocycles. The minimum absolute atomic E-state index is 0.168. The molecule has 6 heteroatoms. The molecule has 1 aromatic rings. The summed E-state index contributed by atoms with van der Waals surface area (Å²) in [6.45, 7) is 5.95. The maximum absolute atomic E-state index is 11.2. The maximum atomic E-state index is 11.2. The highest BCUT2D eigenvalue weighted by molar-refractivity contribution is 5.93. The number of aromatic nitrogens is 2. The van der Waals surface area contributed by atoms with Gasteiger partial charge < -0.3 is 14.7 Å². The van der Waals surface area contributed by atoms with Crippen molar-refractivity contribution in [3.8, 4) is 0 Å². The second-order valence-corrected chi connectivity index (χ2v) is 4.41. The molecule has 1 heterocycles. The van der Waals surface area contributed by atoms with Gasteiger partial charge in [0, 0.05) is 20.2 Å². The average Bonchev–Trinajstić information content (AvgIpc) is 2.34. The molecule has 0 amide bonds. The normalized spacial score (nSPS) is 10.7. The first-order chi connectivity index (χ1) is 8.56. The zero-order valence-corrected chi connectivity index (χ0v) is 11.0. The lowest BCUT2D eigenvalue weighted by Gasteiger charge is -2.25. The van der Waals surface area contributed by atoms with E-state index in [1.807, 2.05) is 4.90 Å². The van der Waals surface area contributed by atoms with Gasteiger partial charge in [0.05, 0.1) is 12.8 Å². The van der Waals surface area contributed by atoms with Crippen molar-refractivity contribution in [2.45, 2.75) is 13.8 Å². The van der Waals surface area contributed by atoms with Crippen LogP contribution in [0.3, 0.4) is 0 Å². The first kappa shape index (κ1) is 14.4. The third-order valence-corrected chi connectivity index (χ3v) is 2.38. The quantitative estimate of drug-likeness (QED) is 0.789. The van der Waals surface area contributed by atoms with Gasteiger partial charge in [0.15, 0.2) is 5.82 Å². The molecule has 0 unspecified atom stereocenters. The van der Waals surface area contributed by atoms with E-state index in [-0.39, 0.29) is 5.56 Å². The van der Waals surface area contributed by atoms with Crippen molar-refractivity contribution >= 4 is 11.8 Å². The number of hydrogen-bond acceptors (Lipinski definition) is 5. The molecule has 0 radical (unpaired) electrons. The highest BCUT2D eigenvalue weighted by Gasteiger charge is 2.18. The van der Waals surface area contributed by atoms with E-state index in [4.69, 9.17) is 9.84 Å². The summed E-state index contributed by atoms with van der Waals surface area (Å²) >= 11 is 0. The molecular weight excluding hydrogens is 234 g/mol. The Morgan fingerprint density at radius 2 is 2.28 bits per heavy atom. The number of carboxylic acids is 1. The molecule has 0 aliphatic rings. The average molecular weight is 253 g/mol. The Morgan fingerprint density at radius 1 is 1.56 bits per heavy atom. The number of methoxy groups -OCH3 is 1. The zero-order valence-electron chi connectivity index (χ0n) is 11.0. The third kappa shape index (κ3) is 3.96. The van der Waals surface area contributed by atoms with Crippen molar-refractivity contribution in [2.24, 2.45) is 5.92 Å². The first-order valence-electron chi connectivity index (χ1n) is 5.85. The smallest absolute Gasteiger partial charge is 0.339 e. The van der Waals surface area contributed by atoms with Gasteiger partial charge in [-0.3, -0.25) is 0 Å². The molecular formula is C12H19N3O3. The molecule has 100 valence electrons. The van der Waals surface area contributed by atoms with Gasteiger partial charge in [-0.1, -0.05) is 13.8 Å². The van der Waals surface area contributed by atoms with Crippen molar-refractivity contribution in [3.05, 3.63) is 17.8 Å². The van der Waals surface area contributed by atoms with Crippen LogP contribution in [0.5, 0.6) is 0 Å². The molecule has 0 aliphatic heterocycles. The fraction of sp³-hybridized carbons (Fsp3) is 0.583. The fourth-order valence-electron chi connectivity index (χ4n) is 1.65. The summed E-state index contributed by atoms with van der Waals surface area (Å²) in [6, 6.07) is 1.46. The van der Waals surface area contributed by atoms with Crippen molar-refractivity contribution < 1.29 is 14.6 Å². The summed E-state index contributed by atoms with van der Waals surface area (Å²) in [5, 5.41) is 16.9. The van der Waals surface area contributed by atoms with Gasteiger partial charge in [-0.25, -0.2) is 4.79 Å². The molecule has 18 heavy (non-hydrogen) atoms. The molecule has 0 aromatic carbocycles. The van der Waals surface area contributed by atoms with Gasteiger partial charge in [-0.2, -0.15) is 5.10 Å². The van der Waals surface area contributed by atoms with E-state index in [2.05, 4.69) is 24.0 Å². The Bertz CT molecular complexity index is 396. The summed E-state index contributed by atoms with van der Waals surface area (Å²) in [6.07, 6.45) is 1.39. The van der Waals surface area contributed by atoms with Crippen molar-refractivity contribution in [3.63, 3.8) is 0 Å². The topological polar surface area (TPSA) is 75.5 Å². The van der Waals surface area contributed by atoms with Gasteiger partial charge in [-0.05, 0) is 12.0 Å². The van der Waals surface area contributed by atoms with E-state index >= 15 is 0 Å². The van der Waals surface area contributed by atoms with Crippen molar-refractivity contribution in [1.29, 1.82) is 0 Å². The van der Waals surface area contributed by atoms with Crippen LogP contribution in [-0.2, 0) is 4.74 Å². The van der Waals surface area contributed by atoms with Crippen LogP contribution >= 0.6 is 0 Å². The van der Waals surface area contributed by atoms with E-state index in [0.717, 1.165) is 0 Å². The number of aromatic carboxylic acids is 1. The Morgan fingerprint density at radius 3 is 2.83 bits per heavy atom. The molecule has 0 bridgehead atoms. The van der Waals surface area contributed by atoms with Crippen molar-refractivity contribution in [2.75, 3.05) is 31.7 Å². The number of carboxylic acid groups (broad SMARTS) is 1. The standard InChI is InChI=1S/C12H19N3O3/c1-9(2)8-15(6-7-18-3)11-10(12(16)17)4-5-13-14-11/h4-5,9H,6-8H2,1-3H3,(H,16,17). The monoisotopic (exact) mass is 253 g/mol. The van der Waals surface area contributed by atoms with Crippen LogP contribution in [0.4, 0.5) is 5.82 Å². The van der Waals surface area contributed by atoms with Crippen LogP contribution in [0.15, 0.2) is 12.3 Å². The van der Waals surface area contributed by atoms with E-state index in [0.29, 0.717) is 31.4 Å². The van der Waals surface area contributed by atoms with E-state index < -0.39 is 5.97 Å². The Labute approximate surface area is 107 Å². The van der Waals surface area contributed by atoms with Crippen LogP contribution in [0, 0.1) is 5.92 Å². The molecule has 6 nitrogen and oxygen atoms in total. The number of rotatable bonds is 7. The predicted molar refractivity (Wildman–Crippen MR) is 67.9 cm³/mol. The number of hydrogen-bond donors (Lipinski definition) is 1. The molecule has 0 saturated carbocycles. The fourth-order valence-corrected chi connectivity index (χ4v) is 1.65. The SMILES string of the molecule is COCCN(CC(C)C)c1nnccc1C(=O)O. The molecule has 0 saturated heterocycles. The van der Waals surface area contributed by atoms with E-state index in [1.165, 1.54) is 12.3 Å². The van der Waals surface area contributed by atoms with Crippen LogP contribution in [0.2, 0.25) is 0 Å². The number of carbonyl (C=O) groups is 1. The summed E-state index contributed by atoms with van der Waals surface area (Å²) in [4.78, 5) is 13.1. The Balaban J connectivity index is 2.99. The van der Waals surface area contributed by atoms with Crippen LogP contribution < -0.4 is 4.90 Å². The summed E-state index contributed by atoms with van der Waals surface area (Å²) in [5.41, 5.74) is 0.168. The lowest BCUT2D eigenvalue weighted by molar-refractivity contribution is 0.0696. The van der Waals surface area contributed by atoms with Gasteiger partial charge >= 0.3 is 5.97 Å². The summed E-state index contributed by atoms with van der Waals surface area (Å²) in [5.74, 6) is -0.202. The van der Waals surface area contributed by atoms with Gasteiger partial charge in [0.2, 0.25) is 0 Å². The Kier molecular flexibility index (Phi) is 5.51. The number of ether oxygens (including phenoxy) is 1. The molecule has 0 aliphatic carbocycles. The van der Waals surface area contributed by atoms with Crippen LogP contribution in [0.1, 0.15) is 24.2 Å². The summed E-state index contributed by atoms with van der Waals surface area (Å²) in [7, 11) is 1.61. The highest BCUT2D eigenvalue weighted by Crippen LogP contribution is 2.17. The number of nitrogens with zero attached hydrogens (tertiary/aromatic N) is 3. The third-order valence-electron chi connectivity index (χ3n) is 2.38. The predicted octanol–water partition coefficient (Wildman–Crippen LogP) is 1.28. The minimum atomic E-state index is -0.994. The second kappa shape index (κ2) is 6.90. The lowest BCUT2D eigenvalue weighted by Crippen LogP contribution is -2.33. The molecule has 1 N–H and O–H groups in total. The number of anilines is 1. The van der Waals surface area contributed by atoms with Crippen molar-refractivity contribution in [1.82, 2.24) is 10.2 Å².